The molecule has 1 aromatic rings. The number of nitrogens with zero attached hydrogens (tertiary/aromatic N) is 2. The van der Waals surface area contributed by atoms with Gasteiger partial charge in [-0.15, -0.1) is 0 Å². The van der Waals surface area contributed by atoms with Gasteiger partial charge in [-0.2, -0.15) is 0 Å². The molecule has 1 saturated carbocycles. The van der Waals surface area contributed by atoms with Gasteiger partial charge in [0.15, 0.2) is 0 Å². The molecule has 0 saturated heterocycles. The minimum atomic E-state index is -0.102. The van der Waals surface area contributed by atoms with E-state index < -0.39 is 0 Å². The quantitative estimate of drug-likeness (QED) is 0.554. The molecule has 0 unspecified atom stereocenters. The van der Waals surface area contributed by atoms with Gasteiger partial charge in [-0.25, -0.2) is 10.8 Å². The maximum atomic E-state index is 9.26. The van der Waals surface area contributed by atoms with Gasteiger partial charge in [-0.05, 0) is 37.9 Å². The summed E-state index contributed by atoms with van der Waals surface area (Å²) < 4.78 is 0. The van der Waals surface area contributed by atoms with E-state index in [0.29, 0.717) is 23.3 Å². The van der Waals surface area contributed by atoms with Crippen molar-refractivity contribution in [1.82, 2.24) is 9.88 Å². The first kappa shape index (κ1) is 13.5. The zero-order chi connectivity index (χ0) is 13.1. The number of nitrogens with one attached hydrogen (secondary N) is 1. The summed E-state index contributed by atoms with van der Waals surface area (Å²) in [6.45, 7) is 1.64. The fourth-order valence-electron chi connectivity index (χ4n) is 2.29. The lowest BCUT2D eigenvalue weighted by Crippen LogP contribution is -2.37. The lowest BCUT2D eigenvalue weighted by atomic mass is 9.82. The van der Waals surface area contributed by atoms with E-state index >= 15 is 0 Å². The molecule has 1 aromatic heterocycles. The largest absolute Gasteiger partial charge is 0.393 e. The van der Waals surface area contributed by atoms with Crippen LogP contribution >= 0.6 is 11.6 Å². The second-order valence-electron chi connectivity index (χ2n) is 4.96. The Morgan fingerprint density at radius 3 is 2.89 bits per heavy atom. The SMILES string of the molecule is CN(Cc1nc(NN)ccc1Cl)CC1CC(O)C1. The highest BCUT2D eigenvalue weighted by atomic mass is 35.5. The van der Waals surface area contributed by atoms with E-state index in [1.165, 1.54) is 0 Å². The highest BCUT2D eigenvalue weighted by Crippen LogP contribution is 2.28. The van der Waals surface area contributed by atoms with Gasteiger partial charge in [-0.3, -0.25) is 0 Å². The fraction of sp³-hybridized carbons (Fsp3) is 0.583. The Morgan fingerprint density at radius 2 is 2.28 bits per heavy atom. The first-order valence-corrected chi connectivity index (χ1v) is 6.45. The minimum absolute atomic E-state index is 0.102. The molecule has 0 amide bonds. The number of nitrogens with two attached hydrogens (primary N) is 1. The van der Waals surface area contributed by atoms with E-state index in [2.05, 4.69) is 15.3 Å². The van der Waals surface area contributed by atoms with Crippen molar-refractivity contribution in [3.63, 3.8) is 0 Å². The molecule has 1 heterocycles. The van der Waals surface area contributed by atoms with E-state index in [4.69, 9.17) is 17.4 Å². The van der Waals surface area contributed by atoms with E-state index in [1.807, 2.05) is 7.05 Å². The van der Waals surface area contributed by atoms with Gasteiger partial charge in [0.25, 0.3) is 0 Å². The molecule has 100 valence electrons. The summed E-state index contributed by atoms with van der Waals surface area (Å²) in [6.07, 6.45) is 1.70. The van der Waals surface area contributed by atoms with Crippen molar-refractivity contribution in [2.24, 2.45) is 11.8 Å². The van der Waals surface area contributed by atoms with Gasteiger partial charge in [-0.1, -0.05) is 11.6 Å². The van der Waals surface area contributed by atoms with Crippen LogP contribution in [0.25, 0.3) is 0 Å². The van der Waals surface area contributed by atoms with E-state index in [1.54, 1.807) is 12.1 Å². The van der Waals surface area contributed by atoms with Gasteiger partial charge in [0.1, 0.15) is 5.82 Å². The topological polar surface area (TPSA) is 74.4 Å². The number of hydrogen-bond donors (Lipinski definition) is 3. The van der Waals surface area contributed by atoms with Crippen molar-refractivity contribution in [1.29, 1.82) is 0 Å². The Hall–Kier alpha value is -0.880. The van der Waals surface area contributed by atoms with Gasteiger partial charge >= 0.3 is 0 Å². The monoisotopic (exact) mass is 270 g/mol. The highest BCUT2D eigenvalue weighted by Gasteiger charge is 2.28. The number of aliphatic hydroxyl groups excluding tert-OH is 1. The van der Waals surface area contributed by atoms with E-state index in [-0.39, 0.29) is 6.10 Å². The number of aliphatic hydroxyl groups is 1. The number of aromatic nitrogens is 1. The zero-order valence-electron chi connectivity index (χ0n) is 10.4. The molecule has 0 aliphatic heterocycles. The van der Waals surface area contributed by atoms with Crippen LogP contribution in [0.4, 0.5) is 5.82 Å². The molecule has 5 nitrogen and oxygen atoms in total. The van der Waals surface area contributed by atoms with Crippen molar-refractivity contribution in [2.45, 2.75) is 25.5 Å². The standard InChI is InChI=1S/C12H19ClN4O/c1-17(6-8-4-9(18)5-8)7-11-10(13)2-3-12(15-11)16-14/h2-3,8-9,18H,4-7,14H2,1H3,(H,15,16). The molecule has 2 rings (SSSR count). The van der Waals surface area contributed by atoms with Crippen molar-refractivity contribution in [2.75, 3.05) is 19.0 Å². The molecule has 0 radical (unpaired) electrons. The second-order valence-corrected chi connectivity index (χ2v) is 5.36. The third-order valence-corrected chi connectivity index (χ3v) is 3.61. The number of nitrogen functional groups attached to an aromatic ring is 1. The Balaban J connectivity index is 1.91. The molecule has 0 aromatic carbocycles. The summed E-state index contributed by atoms with van der Waals surface area (Å²) in [5.74, 6) is 6.53. The van der Waals surface area contributed by atoms with Gasteiger partial charge in [0, 0.05) is 13.1 Å². The molecule has 1 aliphatic carbocycles. The lowest BCUT2D eigenvalue weighted by Gasteiger charge is -2.34. The molecule has 0 bridgehead atoms. The molecule has 0 atom stereocenters. The summed E-state index contributed by atoms with van der Waals surface area (Å²) in [6, 6.07) is 3.54. The first-order valence-electron chi connectivity index (χ1n) is 6.07. The molecule has 1 aliphatic rings. The van der Waals surface area contributed by atoms with Crippen LogP contribution in [-0.2, 0) is 6.54 Å². The lowest BCUT2D eigenvalue weighted by molar-refractivity contribution is 0.0272. The molecular weight excluding hydrogens is 252 g/mol. The number of halogens is 1. The van der Waals surface area contributed by atoms with Crippen LogP contribution in [0.15, 0.2) is 12.1 Å². The van der Waals surface area contributed by atoms with Gasteiger partial charge in [0.2, 0.25) is 0 Å². The van der Waals surface area contributed by atoms with E-state index in [0.717, 1.165) is 25.1 Å². The number of pyridine rings is 1. The Kier molecular flexibility index (Phi) is 4.40. The number of rotatable bonds is 5. The minimum Gasteiger partial charge on any atom is -0.393 e. The summed E-state index contributed by atoms with van der Waals surface area (Å²) in [4.78, 5) is 6.51. The molecule has 6 heteroatoms. The fourth-order valence-corrected chi connectivity index (χ4v) is 2.45. The third kappa shape index (κ3) is 3.32. The smallest absolute Gasteiger partial charge is 0.140 e. The van der Waals surface area contributed by atoms with Crippen molar-refractivity contribution >= 4 is 17.4 Å². The molecule has 1 fully saturated rings. The molecule has 0 spiro atoms. The molecular formula is C12H19ClN4O. The average Bonchev–Trinajstić information content (AvgIpc) is 2.30. The van der Waals surface area contributed by atoms with Crippen molar-refractivity contribution in [3.8, 4) is 0 Å². The number of anilines is 1. The van der Waals surface area contributed by atoms with Crippen LogP contribution in [0.3, 0.4) is 0 Å². The maximum absolute atomic E-state index is 9.26. The second kappa shape index (κ2) is 5.84. The third-order valence-electron chi connectivity index (χ3n) is 3.27. The Labute approximate surface area is 112 Å². The van der Waals surface area contributed by atoms with Gasteiger partial charge in [0.05, 0.1) is 16.8 Å². The van der Waals surface area contributed by atoms with Crippen LogP contribution in [0.2, 0.25) is 5.02 Å². The van der Waals surface area contributed by atoms with E-state index in [9.17, 15) is 5.11 Å². The van der Waals surface area contributed by atoms with Crippen LogP contribution in [0, 0.1) is 5.92 Å². The van der Waals surface area contributed by atoms with Gasteiger partial charge < -0.3 is 15.4 Å². The Morgan fingerprint density at radius 1 is 1.56 bits per heavy atom. The van der Waals surface area contributed by atoms with Crippen LogP contribution < -0.4 is 11.3 Å². The number of hydrazine groups is 1. The van der Waals surface area contributed by atoms with Crippen LogP contribution in [0.1, 0.15) is 18.5 Å². The molecule has 18 heavy (non-hydrogen) atoms. The summed E-state index contributed by atoms with van der Waals surface area (Å²) in [5.41, 5.74) is 3.33. The highest BCUT2D eigenvalue weighted by molar-refractivity contribution is 6.31. The maximum Gasteiger partial charge on any atom is 0.140 e. The van der Waals surface area contributed by atoms with Crippen molar-refractivity contribution < 1.29 is 5.11 Å². The summed E-state index contributed by atoms with van der Waals surface area (Å²) in [5, 5.41) is 9.91. The first-order chi connectivity index (χ1) is 8.58. The number of hydrogen-bond acceptors (Lipinski definition) is 5. The summed E-state index contributed by atoms with van der Waals surface area (Å²) >= 11 is 6.11. The molecule has 4 N–H and O–H groups in total. The summed E-state index contributed by atoms with van der Waals surface area (Å²) in [7, 11) is 2.03. The van der Waals surface area contributed by atoms with Crippen molar-refractivity contribution in [3.05, 3.63) is 22.8 Å². The van der Waals surface area contributed by atoms with Crippen LogP contribution in [0.5, 0.6) is 0 Å². The average molecular weight is 271 g/mol. The predicted molar refractivity (Wildman–Crippen MR) is 72.1 cm³/mol. The zero-order valence-corrected chi connectivity index (χ0v) is 11.2. The van der Waals surface area contributed by atoms with Crippen LogP contribution in [-0.4, -0.2) is 34.7 Å². The Bertz CT molecular complexity index is 409. The predicted octanol–water partition coefficient (Wildman–Crippen LogP) is 1.22. The normalized spacial score (nSPS) is 22.9.